The van der Waals surface area contributed by atoms with Crippen LogP contribution in [0.15, 0.2) is 30.3 Å². The van der Waals surface area contributed by atoms with Crippen LogP contribution in [0.5, 0.6) is 0 Å². The van der Waals surface area contributed by atoms with E-state index in [1.165, 1.54) is 0 Å². The van der Waals surface area contributed by atoms with Crippen LogP contribution >= 0.6 is 0 Å². The standard InChI is InChI=1S/C19H24N2O7/c1-18(2)25-11-12(26-18)14-17(28-19(3,4)27-14)24-13(11)16(23)21-20-15(22)10-8-6-5-7-9-10/h5-9,11-14,17H,1-4H3,(H,20,22)(H,21,23)/t11-,12+,13+,14+,17-/m0/s1. The van der Waals surface area contributed by atoms with Gasteiger partial charge in [0, 0.05) is 5.56 Å². The lowest BCUT2D eigenvalue weighted by Crippen LogP contribution is -2.61. The first-order valence-corrected chi connectivity index (χ1v) is 9.17. The first-order valence-electron chi connectivity index (χ1n) is 9.17. The maximum Gasteiger partial charge on any atom is 0.270 e. The van der Waals surface area contributed by atoms with Crippen molar-refractivity contribution in [2.24, 2.45) is 0 Å². The molecule has 9 nitrogen and oxygen atoms in total. The zero-order valence-corrected chi connectivity index (χ0v) is 16.1. The Bertz CT molecular complexity index is 767. The number of fused-ring (bicyclic) bond motifs is 3. The molecule has 2 amide bonds. The van der Waals surface area contributed by atoms with Gasteiger partial charge < -0.3 is 23.7 Å². The van der Waals surface area contributed by atoms with Gasteiger partial charge in [-0.3, -0.25) is 20.4 Å². The summed E-state index contributed by atoms with van der Waals surface area (Å²) in [7, 11) is 0. The quantitative estimate of drug-likeness (QED) is 0.719. The molecule has 4 rings (SSSR count). The Balaban J connectivity index is 1.47. The van der Waals surface area contributed by atoms with E-state index in [9.17, 15) is 9.59 Å². The Morgan fingerprint density at radius 1 is 0.821 bits per heavy atom. The molecule has 0 radical (unpaired) electrons. The van der Waals surface area contributed by atoms with E-state index in [2.05, 4.69) is 10.9 Å². The summed E-state index contributed by atoms with van der Waals surface area (Å²) in [5, 5.41) is 0. The van der Waals surface area contributed by atoms with Gasteiger partial charge in [-0.1, -0.05) is 18.2 Å². The van der Waals surface area contributed by atoms with Gasteiger partial charge in [-0.05, 0) is 39.8 Å². The maximum absolute atomic E-state index is 12.8. The van der Waals surface area contributed by atoms with Crippen molar-refractivity contribution in [1.82, 2.24) is 10.9 Å². The minimum absolute atomic E-state index is 0.418. The van der Waals surface area contributed by atoms with Gasteiger partial charge in [0.1, 0.15) is 18.3 Å². The molecule has 28 heavy (non-hydrogen) atoms. The van der Waals surface area contributed by atoms with Crippen molar-refractivity contribution in [2.45, 2.75) is 70.0 Å². The molecule has 1 aromatic carbocycles. The topological polar surface area (TPSA) is 104 Å². The molecule has 0 spiro atoms. The van der Waals surface area contributed by atoms with Gasteiger partial charge in [-0.2, -0.15) is 0 Å². The van der Waals surface area contributed by atoms with Crippen LogP contribution in [0.1, 0.15) is 38.1 Å². The first kappa shape index (κ1) is 19.3. The van der Waals surface area contributed by atoms with E-state index >= 15 is 0 Å². The molecule has 2 N–H and O–H groups in total. The van der Waals surface area contributed by atoms with E-state index in [0.29, 0.717) is 5.56 Å². The molecular formula is C19H24N2O7. The zero-order chi connectivity index (χ0) is 20.1. The minimum atomic E-state index is -1.04. The average molecular weight is 392 g/mol. The summed E-state index contributed by atoms with van der Waals surface area (Å²) < 4.78 is 29.3. The highest BCUT2D eigenvalue weighted by Crippen LogP contribution is 2.44. The predicted molar refractivity (Wildman–Crippen MR) is 94.6 cm³/mol. The number of hydrogen-bond donors (Lipinski definition) is 2. The first-order chi connectivity index (χ1) is 13.2. The lowest BCUT2D eigenvalue weighted by molar-refractivity contribution is -0.231. The van der Waals surface area contributed by atoms with Gasteiger partial charge in [0.25, 0.3) is 11.8 Å². The molecule has 3 aliphatic heterocycles. The summed E-state index contributed by atoms with van der Waals surface area (Å²) in [5.41, 5.74) is 5.20. The van der Waals surface area contributed by atoms with Crippen LogP contribution in [0, 0.1) is 0 Å². The molecule has 0 bridgehead atoms. The molecule has 3 heterocycles. The fourth-order valence-electron chi connectivity index (χ4n) is 3.67. The summed E-state index contributed by atoms with van der Waals surface area (Å²) >= 11 is 0. The largest absolute Gasteiger partial charge is 0.342 e. The second-order valence-electron chi connectivity index (χ2n) is 7.90. The monoisotopic (exact) mass is 392 g/mol. The van der Waals surface area contributed by atoms with Crippen molar-refractivity contribution >= 4 is 11.8 Å². The number of rotatable bonds is 2. The van der Waals surface area contributed by atoms with Crippen molar-refractivity contribution in [3.8, 4) is 0 Å². The number of benzene rings is 1. The van der Waals surface area contributed by atoms with Crippen LogP contribution < -0.4 is 10.9 Å². The Labute approximate surface area is 162 Å². The second kappa shape index (κ2) is 6.78. The van der Waals surface area contributed by atoms with Crippen LogP contribution in [0.25, 0.3) is 0 Å². The van der Waals surface area contributed by atoms with E-state index < -0.39 is 54.1 Å². The Hall–Kier alpha value is -2.04. The number of carbonyl (C=O) groups excluding carboxylic acids is 2. The lowest BCUT2D eigenvalue weighted by atomic mass is 9.98. The van der Waals surface area contributed by atoms with Gasteiger partial charge in [0.05, 0.1) is 0 Å². The number of amides is 2. The Morgan fingerprint density at radius 3 is 2.14 bits per heavy atom. The van der Waals surface area contributed by atoms with E-state index in [0.717, 1.165) is 0 Å². The summed E-state index contributed by atoms with van der Waals surface area (Å²) in [6, 6.07) is 8.54. The molecule has 1 aromatic rings. The fourth-order valence-corrected chi connectivity index (χ4v) is 3.67. The van der Waals surface area contributed by atoms with Crippen molar-refractivity contribution in [3.05, 3.63) is 35.9 Å². The fraction of sp³-hybridized carbons (Fsp3) is 0.579. The number of carbonyl (C=O) groups is 2. The average Bonchev–Trinajstić information content (AvgIpc) is 3.13. The maximum atomic E-state index is 12.8. The van der Waals surface area contributed by atoms with Gasteiger partial charge in [0.2, 0.25) is 0 Å². The highest BCUT2D eigenvalue weighted by Gasteiger charge is 2.62. The van der Waals surface area contributed by atoms with Gasteiger partial charge in [-0.15, -0.1) is 0 Å². The molecule has 0 aromatic heterocycles. The molecule has 0 saturated carbocycles. The van der Waals surface area contributed by atoms with Crippen LogP contribution in [-0.4, -0.2) is 54.1 Å². The van der Waals surface area contributed by atoms with Gasteiger partial charge >= 0.3 is 0 Å². The molecule has 9 heteroatoms. The smallest absolute Gasteiger partial charge is 0.270 e. The summed E-state index contributed by atoms with van der Waals surface area (Å²) in [4.78, 5) is 24.9. The number of hydrazine groups is 1. The molecule has 3 aliphatic rings. The summed E-state index contributed by atoms with van der Waals surface area (Å²) in [5.74, 6) is -2.78. The number of nitrogens with one attached hydrogen (secondary N) is 2. The normalized spacial score (nSPS) is 34.9. The Kier molecular flexibility index (Phi) is 4.67. The zero-order valence-electron chi connectivity index (χ0n) is 16.1. The molecular weight excluding hydrogens is 368 g/mol. The van der Waals surface area contributed by atoms with E-state index in [1.807, 2.05) is 0 Å². The Morgan fingerprint density at radius 2 is 1.43 bits per heavy atom. The molecule has 5 atom stereocenters. The van der Waals surface area contributed by atoms with Crippen LogP contribution in [0.2, 0.25) is 0 Å². The molecule has 152 valence electrons. The molecule has 0 aliphatic carbocycles. The highest BCUT2D eigenvalue weighted by molar-refractivity contribution is 5.95. The molecule has 3 saturated heterocycles. The number of hydrogen-bond acceptors (Lipinski definition) is 7. The van der Waals surface area contributed by atoms with Crippen LogP contribution in [0.3, 0.4) is 0 Å². The second-order valence-corrected chi connectivity index (χ2v) is 7.90. The van der Waals surface area contributed by atoms with Crippen molar-refractivity contribution in [3.63, 3.8) is 0 Å². The van der Waals surface area contributed by atoms with Crippen molar-refractivity contribution in [1.29, 1.82) is 0 Å². The lowest BCUT2D eigenvalue weighted by Gasteiger charge is -2.36. The third kappa shape index (κ3) is 3.63. The number of ether oxygens (including phenoxy) is 5. The van der Waals surface area contributed by atoms with Gasteiger partial charge in [0.15, 0.2) is 24.0 Å². The SMILES string of the molecule is CC1(C)O[C@@H]2O[C@@H](C(=O)NNC(=O)c3ccccc3)[C@H]3OC(C)(C)O[C@H]3[C@H]2O1. The van der Waals surface area contributed by atoms with E-state index in [1.54, 1.807) is 58.0 Å². The summed E-state index contributed by atoms with van der Waals surface area (Å²) in [6.07, 6.45) is -3.60. The van der Waals surface area contributed by atoms with Crippen molar-refractivity contribution < 1.29 is 33.3 Å². The summed E-state index contributed by atoms with van der Waals surface area (Å²) in [6.45, 7) is 7.04. The van der Waals surface area contributed by atoms with Gasteiger partial charge in [-0.25, -0.2) is 0 Å². The van der Waals surface area contributed by atoms with E-state index in [4.69, 9.17) is 23.7 Å². The molecule has 3 fully saturated rings. The van der Waals surface area contributed by atoms with E-state index in [-0.39, 0.29) is 0 Å². The minimum Gasteiger partial charge on any atom is -0.342 e. The third-order valence-corrected chi connectivity index (χ3v) is 4.75. The highest BCUT2D eigenvalue weighted by atomic mass is 16.9. The van der Waals surface area contributed by atoms with Crippen LogP contribution in [-0.2, 0) is 28.5 Å². The third-order valence-electron chi connectivity index (χ3n) is 4.75. The molecule has 0 unspecified atom stereocenters. The van der Waals surface area contributed by atoms with Crippen LogP contribution in [0.4, 0.5) is 0 Å². The van der Waals surface area contributed by atoms with Crippen molar-refractivity contribution in [2.75, 3.05) is 0 Å². The predicted octanol–water partition coefficient (Wildman–Crippen LogP) is 0.844.